The Morgan fingerprint density at radius 3 is 2.78 bits per heavy atom. The lowest BCUT2D eigenvalue weighted by atomic mass is 10.2. The van der Waals surface area contributed by atoms with Gasteiger partial charge in [0.2, 0.25) is 5.91 Å². The van der Waals surface area contributed by atoms with E-state index in [0.717, 1.165) is 0 Å². The molecule has 1 heterocycles. The molecule has 1 amide bonds. The number of carboxylic acids is 1. The molecule has 0 radical (unpaired) electrons. The number of amides is 1. The highest BCUT2D eigenvalue weighted by atomic mass is 16.4. The SMILES string of the molecule is CC(CNC(=O)CCn1ccccc1=O)C(=O)O. The summed E-state index contributed by atoms with van der Waals surface area (Å²) in [5.74, 6) is -1.83. The molecule has 98 valence electrons. The van der Waals surface area contributed by atoms with Crippen molar-refractivity contribution in [2.45, 2.75) is 19.9 Å². The lowest BCUT2D eigenvalue weighted by molar-refractivity contribution is -0.141. The van der Waals surface area contributed by atoms with Crippen molar-refractivity contribution in [3.8, 4) is 0 Å². The number of carbonyl (C=O) groups excluding carboxylic acids is 1. The van der Waals surface area contributed by atoms with Gasteiger partial charge in [-0.05, 0) is 6.07 Å². The normalized spacial score (nSPS) is 11.8. The first-order valence-corrected chi connectivity index (χ1v) is 5.65. The van der Waals surface area contributed by atoms with Crippen LogP contribution in [0.2, 0.25) is 0 Å². The first-order chi connectivity index (χ1) is 8.50. The van der Waals surface area contributed by atoms with Crippen LogP contribution in [0.1, 0.15) is 13.3 Å². The number of nitrogens with zero attached hydrogens (tertiary/aromatic N) is 1. The number of aliphatic carboxylic acids is 1. The van der Waals surface area contributed by atoms with Crippen LogP contribution in [-0.2, 0) is 16.1 Å². The number of nitrogens with one attached hydrogen (secondary N) is 1. The number of aryl methyl sites for hydroxylation is 1. The second-order valence-electron chi connectivity index (χ2n) is 4.03. The van der Waals surface area contributed by atoms with E-state index in [4.69, 9.17) is 5.11 Å². The zero-order chi connectivity index (χ0) is 13.5. The molecule has 1 atom stereocenters. The van der Waals surface area contributed by atoms with Crippen LogP contribution in [0.5, 0.6) is 0 Å². The Morgan fingerprint density at radius 2 is 2.17 bits per heavy atom. The van der Waals surface area contributed by atoms with E-state index in [9.17, 15) is 14.4 Å². The summed E-state index contributed by atoms with van der Waals surface area (Å²) in [6, 6.07) is 4.77. The van der Waals surface area contributed by atoms with Crippen LogP contribution >= 0.6 is 0 Å². The summed E-state index contributed by atoms with van der Waals surface area (Å²) >= 11 is 0. The summed E-state index contributed by atoms with van der Waals surface area (Å²) < 4.78 is 1.43. The van der Waals surface area contributed by atoms with Gasteiger partial charge in [-0.1, -0.05) is 13.0 Å². The van der Waals surface area contributed by atoms with E-state index in [1.165, 1.54) is 17.6 Å². The van der Waals surface area contributed by atoms with Crippen molar-refractivity contribution < 1.29 is 14.7 Å². The van der Waals surface area contributed by atoms with Gasteiger partial charge in [0.1, 0.15) is 0 Å². The summed E-state index contributed by atoms with van der Waals surface area (Å²) in [5, 5.41) is 11.2. The molecule has 6 heteroatoms. The van der Waals surface area contributed by atoms with Crippen molar-refractivity contribution in [3.05, 3.63) is 34.7 Å². The number of carboxylic acid groups (broad SMARTS) is 1. The zero-order valence-electron chi connectivity index (χ0n) is 10.1. The first-order valence-electron chi connectivity index (χ1n) is 5.65. The molecule has 0 aromatic carbocycles. The molecule has 0 spiro atoms. The monoisotopic (exact) mass is 252 g/mol. The van der Waals surface area contributed by atoms with E-state index in [1.54, 1.807) is 18.3 Å². The van der Waals surface area contributed by atoms with Gasteiger partial charge in [0, 0.05) is 31.8 Å². The molecule has 0 aliphatic heterocycles. The number of pyridine rings is 1. The van der Waals surface area contributed by atoms with E-state index in [0.29, 0.717) is 0 Å². The number of rotatable bonds is 6. The van der Waals surface area contributed by atoms with Crippen molar-refractivity contribution >= 4 is 11.9 Å². The molecule has 18 heavy (non-hydrogen) atoms. The third kappa shape index (κ3) is 4.40. The fourth-order valence-corrected chi connectivity index (χ4v) is 1.31. The van der Waals surface area contributed by atoms with Crippen molar-refractivity contribution in [1.82, 2.24) is 9.88 Å². The Bertz CT molecular complexity index is 481. The molecule has 0 saturated heterocycles. The van der Waals surface area contributed by atoms with E-state index in [2.05, 4.69) is 5.32 Å². The average molecular weight is 252 g/mol. The summed E-state index contributed by atoms with van der Waals surface area (Å²) in [6.45, 7) is 1.90. The van der Waals surface area contributed by atoms with Crippen LogP contribution in [0.3, 0.4) is 0 Å². The summed E-state index contributed by atoms with van der Waals surface area (Å²) in [4.78, 5) is 33.3. The Balaban J connectivity index is 2.36. The summed E-state index contributed by atoms with van der Waals surface area (Å²) in [5.41, 5.74) is -0.163. The minimum Gasteiger partial charge on any atom is -0.481 e. The fraction of sp³-hybridized carbons (Fsp3) is 0.417. The molecule has 0 fully saturated rings. The second kappa shape index (κ2) is 6.58. The zero-order valence-corrected chi connectivity index (χ0v) is 10.1. The van der Waals surface area contributed by atoms with Crippen molar-refractivity contribution in [3.63, 3.8) is 0 Å². The lowest BCUT2D eigenvalue weighted by Crippen LogP contribution is -2.32. The second-order valence-corrected chi connectivity index (χ2v) is 4.03. The maximum atomic E-state index is 11.4. The van der Waals surface area contributed by atoms with Crippen molar-refractivity contribution in [2.24, 2.45) is 5.92 Å². The molecule has 0 aliphatic carbocycles. The molecule has 1 aromatic rings. The maximum Gasteiger partial charge on any atom is 0.308 e. The van der Waals surface area contributed by atoms with Crippen LogP contribution in [0, 0.1) is 5.92 Å². The smallest absolute Gasteiger partial charge is 0.308 e. The van der Waals surface area contributed by atoms with Gasteiger partial charge >= 0.3 is 5.97 Å². The third-order valence-electron chi connectivity index (χ3n) is 2.51. The molecule has 1 aromatic heterocycles. The standard InChI is InChI=1S/C12H16N2O4/c1-9(12(17)18)8-13-10(15)5-7-14-6-3-2-4-11(14)16/h2-4,6,9H,5,7-8H2,1H3,(H,13,15)(H,17,18). The molecule has 1 unspecified atom stereocenters. The molecule has 2 N–H and O–H groups in total. The molecule has 0 aliphatic rings. The van der Waals surface area contributed by atoms with Gasteiger partial charge in [0.05, 0.1) is 5.92 Å². The number of carbonyl (C=O) groups is 2. The Kier molecular flexibility index (Phi) is 5.10. The predicted octanol–water partition coefficient (Wildman–Crippen LogP) is 0.0753. The topological polar surface area (TPSA) is 88.4 Å². The number of hydrogen-bond acceptors (Lipinski definition) is 3. The maximum absolute atomic E-state index is 11.4. The van der Waals surface area contributed by atoms with Crippen molar-refractivity contribution in [2.75, 3.05) is 6.54 Å². The number of aromatic nitrogens is 1. The quantitative estimate of drug-likeness (QED) is 0.750. The Labute approximate surface area is 104 Å². The molecular weight excluding hydrogens is 236 g/mol. The van der Waals surface area contributed by atoms with Gasteiger partial charge in [-0.15, -0.1) is 0 Å². The summed E-state index contributed by atoms with van der Waals surface area (Å²) in [6.07, 6.45) is 1.76. The largest absolute Gasteiger partial charge is 0.481 e. The third-order valence-corrected chi connectivity index (χ3v) is 2.51. The van der Waals surface area contributed by atoms with Gasteiger partial charge in [-0.25, -0.2) is 0 Å². The minimum absolute atomic E-state index is 0.0951. The molecule has 0 saturated carbocycles. The van der Waals surface area contributed by atoms with Crippen LogP contribution in [0.25, 0.3) is 0 Å². The molecule has 6 nitrogen and oxygen atoms in total. The van der Waals surface area contributed by atoms with Gasteiger partial charge in [-0.2, -0.15) is 0 Å². The van der Waals surface area contributed by atoms with Gasteiger partial charge in [-0.3, -0.25) is 14.4 Å². The van der Waals surface area contributed by atoms with E-state index >= 15 is 0 Å². The highest BCUT2D eigenvalue weighted by Gasteiger charge is 2.11. The highest BCUT2D eigenvalue weighted by molar-refractivity contribution is 5.77. The number of hydrogen-bond donors (Lipinski definition) is 2. The van der Waals surface area contributed by atoms with Crippen LogP contribution in [-0.4, -0.2) is 28.1 Å². The van der Waals surface area contributed by atoms with Gasteiger partial charge < -0.3 is 15.0 Å². The van der Waals surface area contributed by atoms with Crippen LogP contribution in [0.4, 0.5) is 0 Å². The molecule has 0 bridgehead atoms. The summed E-state index contributed by atoms with van der Waals surface area (Å²) in [7, 11) is 0. The Morgan fingerprint density at radius 1 is 1.44 bits per heavy atom. The van der Waals surface area contributed by atoms with E-state index in [1.807, 2.05) is 0 Å². The average Bonchev–Trinajstić information content (AvgIpc) is 2.34. The lowest BCUT2D eigenvalue weighted by Gasteiger charge is -2.09. The molecular formula is C12H16N2O4. The molecule has 1 rings (SSSR count). The van der Waals surface area contributed by atoms with E-state index in [-0.39, 0.29) is 31.0 Å². The first kappa shape index (κ1) is 14.0. The van der Waals surface area contributed by atoms with Crippen molar-refractivity contribution in [1.29, 1.82) is 0 Å². The fourth-order valence-electron chi connectivity index (χ4n) is 1.31. The van der Waals surface area contributed by atoms with E-state index < -0.39 is 11.9 Å². The highest BCUT2D eigenvalue weighted by Crippen LogP contribution is 1.93. The minimum atomic E-state index is -0.949. The van der Waals surface area contributed by atoms with Crippen LogP contribution in [0.15, 0.2) is 29.2 Å². The predicted molar refractivity (Wildman–Crippen MR) is 65.1 cm³/mol. The van der Waals surface area contributed by atoms with Gasteiger partial charge in [0.25, 0.3) is 5.56 Å². The van der Waals surface area contributed by atoms with Gasteiger partial charge in [0.15, 0.2) is 0 Å². The Hall–Kier alpha value is -2.11. The van der Waals surface area contributed by atoms with Crippen LogP contribution < -0.4 is 10.9 Å².